The Morgan fingerprint density at radius 1 is 1.56 bits per heavy atom. The molecule has 1 atom stereocenters. The molecule has 2 rings (SSSR count). The number of carboxylic acid groups (broad SMARTS) is 1. The lowest BCUT2D eigenvalue weighted by atomic mass is 9.93. The zero-order valence-electron chi connectivity index (χ0n) is 10.1. The van der Waals surface area contributed by atoms with Gasteiger partial charge in [-0.2, -0.15) is 11.3 Å². The minimum absolute atomic E-state index is 0.109. The molecule has 0 bridgehead atoms. The fourth-order valence-corrected chi connectivity index (χ4v) is 2.91. The Bertz CT molecular complexity index is 462. The van der Waals surface area contributed by atoms with Crippen LogP contribution in [-0.2, 0) is 9.53 Å². The number of carbonyl (C=O) groups excluding carboxylic acids is 1. The van der Waals surface area contributed by atoms with Crippen LogP contribution in [0.1, 0.15) is 28.8 Å². The number of aryl methyl sites for hydroxylation is 1. The number of aliphatic carboxylic acids is 1. The third-order valence-corrected chi connectivity index (χ3v) is 3.93. The van der Waals surface area contributed by atoms with Crippen molar-refractivity contribution in [3.8, 4) is 0 Å². The Kier molecular flexibility index (Phi) is 3.68. The minimum Gasteiger partial charge on any atom is -0.481 e. The molecule has 6 heteroatoms. The smallest absolute Gasteiger partial charge is 0.305 e. The summed E-state index contributed by atoms with van der Waals surface area (Å²) in [7, 11) is 0. The molecule has 0 spiro atoms. The first-order valence-electron chi connectivity index (χ1n) is 5.67. The topological polar surface area (TPSA) is 75.6 Å². The van der Waals surface area contributed by atoms with Gasteiger partial charge in [-0.15, -0.1) is 0 Å². The maximum absolute atomic E-state index is 12.1. The molecule has 98 valence electrons. The standard InChI is InChI=1S/C12H15NO4S/c1-8-5-18-6-9(8)11(16)13-12(4-10(14)15)2-3-17-7-12/h5-6H,2-4,7H2,1H3,(H,13,16)(H,14,15). The third kappa shape index (κ3) is 2.70. The molecule has 1 aromatic rings. The van der Waals surface area contributed by atoms with Gasteiger partial charge in [-0.3, -0.25) is 9.59 Å². The summed E-state index contributed by atoms with van der Waals surface area (Å²) in [4.78, 5) is 23.0. The molecule has 0 aliphatic carbocycles. The van der Waals surface area contributed by atoms with Gasteiger partial charge >= 0.3 is 5.97 Å². The van der Waals surface area contributed by atoms with Gasteiger partial charge in [0, 0.05) is 12.0 Å². The molecule has 0 saturated carbocycles. The molecular formula is C12H15NO4S. The van der Waals surface area contributed by atoms with Crippen LogP contribution in [-0.4, -0.2) is 35.7 Å². The first-order chi connectivity index (χ1) is 8.52. The molecule has 18 heavy (non-hydrogen) atoms. The Hall–Kier alpha value is -1.40. The number of carbonyl (C=O) groups is 2. The lowest BCUT2D eigenvalue weighted by molar-refractivity contribution is -0.138. The highest BCUT2D eigenvalue weighted by atomic mass is 32.1. The summed E-state index contributed by atoms with van der Waals surface area (Å²) >= 11 is 1.46. The van der Waals surface area contributed by atoms with Gasteiger partial charge in [-0.25, -0.2) is 0 Å². The number of hydrogen-bond donors (Lipinski definition) is 2. The average Bonchev–Trinajstić information content (AvgIpc) is 2.86. The number of hydrogen-bond acceptors (Lipinski definition) is 4. The molecule has 1 fully saturated rings. The predicted molar refractivity (Wildman–Crippen MR) is 66.9 cm³/mol. The van der Waals surface area contributed by atoms with E-state index in [1.807, 2.05) is 12.3 Å². The van der Waals surface area contributed by atoms with Crippen LogP contribution in [0.25, 0.3) is 0 Å². The molecule has 1 aliphatic rings. The zero-order valence-corrected chi connectivity index (χ0v) is 10.9. The quantitative estimate of drug-likeness (QED) is 0.866. The van der Waals surface area contributed by atoms with Gasteiger partial charge in [0.15, 0.2) is 0 Å². The van der Waals surface area contributed by atoms with Crippen molar-refractivity contribution in [1.82, 2.24) is 5.32 Å². The van der Waals surface area contributed by atoms with E-state index in [-0.39, 0.29) is 18.9 Å². The van der Waals surface area contributed by atoms with Crippen molar-refractivity contribution < 1.29 is 19.4 Å². The Morgan fingerprint density at radius 3 is 2.83 bits per heavy atom. The van der Waals surface area contributed by atoms with E-state index < -0.39 is 11.5 Å². The number of ether oxygens (including phenoxy) is 1. The highest BCUT2D eigenvalue weighted by Gasteiger charge is 2.39. The summed E-state index contributed by atoms with van der Waals surface area (Å²) in [6.45, 7) is 2.60. The maximum Gasteiger partial charge on any atom is 0.305 e. The van der Waals surface area contributed by atoms with Gasteiger partial charge in [-0.1, -0.05) is 0 Å². The molecule has 2 N–H and O–H groups in total. The summed E-state index contributed by atoms with van der Waals surface area (Å²) in [5.74, 6) is -1.15. The number of rotatable bonds is 4. The second-order valence-corrected chi connectivity index (χ2v) is 5.32. The SMILES string of the molecule is Cc1cscc1C(=O)NC1(CC(=O)O)CCOC1. The van der Waals surface area contributed by atoms with E-state index in [2.05, 4.69) is 5.32 Å². The Balaban J connectivity index is 2.12. The lowest BCUT2D eigenvalue weighted by Crippen LogP contribution is -2.50. The van der Waals surface area contributed by atoms with Gasteiger partial charge in [0.2, 0.25) is 0 Å². The van der Waals surface area contributed by atoms with E-state index >= 15 is 0 Å². The molecule has 0 aromatic carbocycles. The second-order valence-electron chi connectivity index (χ2n) is 4.58. The number of thiophene rings is 1. The van der Waals surface area contributed by atoms with Crippen LogP contribution in [0.4, 0.5) is 0 Å². The Morgan fingerprint density at radius 2 is 2.33 bits per heavy atom. The van der Waals surface area contributed by atoms with Crippen LogP contribution < -0.4 is 5.32 Å². The molecule has 5 nitrogen and oxygen atoms in total. The van der Waals surface area contributed by atoms with Crippen molar-refractivity contribution in [2.24, 2.45) is 0 Å². The third-order valence-electron chi connectivity index (χ3n) is 3.07. The fourth-order valence-electron chi connectivity index (χ4n) is 2.08. The van der Waals surface area contributed by atoms with Crippen LogP contribution >= 0.6 is 11.3 Å². The summed E-state index contributed by atoms with van der Waals surface area (Å²) in [6.07, 6.45) is 0.427. The molecule has 1 aliphatic heterocycles. The van der Waals surface area contributed by atoms with Crippen LogP contribution in [0, 0.1) is 6.92 Å². The summed E-state index contributed by atoms with van der Waals surface area (Å²) < 4.78 is 5.23. The van der Waals surface area contributed by atoms with Crippen molar-refractivity contribution >= 4 is 23.2 Å². The lowest BCUT2D eigenvalue weighted by Gasteiger charge is -2.26. The van der Waals surface area contributed by atoms with E-state index in [9.17, 15) is 9.59 Å². The van der Waals surface area contributed by atoms with Crippen LogP contribution in [0.15, 0.2) is 10.8 Å². The van der Waals surface area contributed by atoms with Crippen molar-refractivity contribution in [2.75, 3.05) is 13.2 Å². The summed E-state index contributed by atoms with van der Waals surface area (Å²) in [6, 6.07) is 0. The van der Waals surface area contributed by atoms with Crippen molar-refractivity contribution in [3.63, 3.8) is 0 Å². The summed E-state index contributed by atoms with van der Waals surface area (Å²) in [5, 5.41) is 15.4. The number of carboxylic acids is 1. The number of nitrogens with one attached hydrogen (secondary N) is 1. The highest BCUT2D eigenvalue weighted by molar-refractivity contribution is 7.08. The minimum atomic E-state index is -0.928. The molecule has 1 amide bonds. The predicted octanol–water partition coefficient (Wildman–Crippen LogP) is 1.42. The first-order valence-corrected chi connectivity index (χ1v) is 6.61. The highest BCUT2D eigenvalue weighted by Crippen LogP contribution is 2.24. The van der Waals surface area contributed by atoms with E-state index in [4.69, 9.17) is 9.84 Å². The molecule has 1 saturated heterocycles. The molecule has 0 radical (unpaired) electrons. The first kappa shape index (κ1) is 13.0. The fraction of sp³-hybridized carbons (Fsp3) is 0.500. The number of amides is 1. The van der Waals surface area contributed by atoms with Gasteiger partial charge in [0.05, 0.1) is 24.1 Å². The van der Waals surface area contributed by atoms with Gasteiger partial charge < -0.3 is 15.2 Å². The zero-order chi connectivity index (χ0) is 13.2. The average molecular weight is 269 g/mol. The Labute approximate surface area is 109 Å². The molecule has 1 aromatic heterocycles. The largest absolute Gasteiger partial charge is 0.481 e. The maximum atomic E-state index is 12.1. The van der Waals surface area contributed by atoms with Gasteiger partial charge in [-0.05, 0) is 24.3 Å². The van der Waals surface area contributed by atoms with Crippen LogP contribution in [0.2, 0.25) is 0 Å². The van der Waals surface area contributed by atoms with E-state index in [0.29, 0.717) is 18.6 Å². The van der Waals surface area contributed by atoms with Gasteiger partial charge in [0.1, 0.15) is 0 Å². The van der Waals surface area contributed by atoms with E-state index in [1.165, 1.54) is 11.3 Å². The molecule has 2 heterocycles. The normalized spacial score (nSPS) is 22.9. The molecular weight excluding hydrogens is 254 g/mol. The monoisotopic (exact) mass is 269 g/mol. The summed E-state index contributed by atoms with van der Waals surface area (Å²) in [5.41, 5.74) is 0.746. The van der Waals surface area contributed by atoms with Crippen LogP contribution in [0.5, 0.6) is 0 Å². The van der Waals surface area contributed by atoms with Crippen molar-refractivity contribution in [2.45, 2.75) is 25.3 Å². The van der Waals surface area contributed by atoms with Crippen molar-refractivity contribution in [1.29, 1.82) is 0 Å². The second kappa shape index (κ2) is 5.07. The van der Waals surface area contributed by atoms with E-state index in [0.717, 1.165) is 5.56 Å². The van der Waals surface area contributed by atoms with Gasteiger partial charge in [0.25, 0.3) is 5.91 Å². The van der Waals surface area contributed by atoms with Crippen LogP contribution in [0.3, 0.4) is 0 Å². The molecule has 1 unspecified atom stereocenters. The van der Waals surface area contributed by atoms with E-state index in [1.54, 1.807) is 5.38 Å². The van der Waals surface area contributed by atoms with Crippen molar-refractivity contribution in [3.05, 3.63) is 21.9 Å².